The van der Waals surface area contributed by atoms with Gasteiger partial charge in [-0.3, -0.25) is 9.69 Å². The van der Waals surface area contributed by atoms with Gasteiger partial charge in [-0.15, -0.1) is 0 Å². The summed E-state index contributed by atoms with van der Waals surface area (Å²) in [6.07, 6.45) is 0.916. The number of benzene rings is 1. The number of piperidine rings is 1. The maximum absolute atomic E-state index is 12.5. The van der Waals surface area contributed by atoms with Crippen LogP contribution in [0.15, 0.2) is 28.8 Å². The van der Waals surface area contributed by atoms with Crippen LogP contribution >= 0.6 is 0 Å². The minimum atomic E-state index is -0.942. The molecule has 0 bridgehead atoms. The lowest BCUT2D eigenvalue weighted by atomic mass is 9.73. The van der Waals surface area contributed by atoms with Crippen LogP contribution in [0.25, 0.3) is 0 Å². The molecule has 30 heavy (non-hydrogen) atoms. The largest absolute Gasteiger partial charge is 0.478 e. The zero-order chi connectivity index (χ0) is 21.3. The summed E-state index contributed by atoms with van der Waals surface area (Å²) in [6, 6.07) is 6.97. The van der Waals surface area contributed by atoms with Crippen molar-refractivity contribution in [3.8, 4) is 0 Å². The van der Waals surface area contributed by atoms with Gasteiger partial charge in [0.2, 0.25) is 11.8 Å². The summed E-state index contributed by atoms with van der Waals surface area (Å²) in [6.45, 7) is 4.78. The number of aliphatic hydroxyl groups excluding tert-OH is 1. The van der Waals surface area contributed by atoms with Gasteiger partial charge in [0.1, 0.15) is 0 Å². The van der Waals surface area contributed by atoms with Gasteiger partial charge < -0.3 is 19.6 Å². The van der Waals surface area contributed by atoms with Crippen molar-refractivity contribution in [3.63, 3.8) is 0 Å². The number of fused-ring (bicyclic) bond motifs is 1. The van der Waals surface area contributed by atoms with Gasteiger partial charge in [0.05, 0.1) is 17.6 Å². The molecule has 0 unspecified atom stereocenters. The average Bonchev–Trinajstić information content (AvgIpc) is 3.31. The first-order chi connectivity index (χ1) is 14.4. The van der Waals surface area contributed by atoms with Gasteiger partial charge in [-0.1, -0.05) is 17.3 Å². The number of carbonyl (C=O) groups excluding carboxylic acids is 1. The number of hydrogen-bond acceptors (Lipinski definition) is 7. The van der Waals surface area contributed by atoms with E-state index in [9.17, 15) is 14.7 Å². The van der Waals surface area contributed by atoms with Crippen molar-refractivity contribution in [2.75, 3.05) is 32.8 Å². The second-order valence-electron chi connectivity index (χ2n) is 8.25. The maximum atomic E-state index is 12.5. The predicted octanol–water partition coefficient (Wildman–Crippen LogP) is 1.06. The second kappa shape index (κ2) is 8.16. The standard InChI is InChI=1S/C21H26N4O5/c1-14-22-20(30-23-14)21-12-24(10-15-3-2-4-16(9-15)19(28)29)11-17(21)5-7-25(13-21)18(27)6-8-26/h2-4,9,17,26H,5-8,10-13H2,1H3,(H,28,29)/t17-,21+/m0/s1. The van der Waals surface area contributed by atoms with E-state index in [0.29, 0.717) is 37.9 Å². The summed E-state index contributed by atoms with van der Waals surface area (Å²) < 4.78 is 5.59. The number of hydrogen-bond donors (Lipinski definition) is 2. The number of amides is 1. The van der Waals surface area contributed by atoms with Crippen molar-refractivity contribution in [1.82, 2.24) is 19.9 Å². The maximum Gasteiger partial charge on any atom is 0.335 e. The third kappa shape index (κ3) is 3.82. The van der Waals surface area contributed by atoms with E-state index in [0.717, 1.165) is 18.5 Å². The fraction of sp³-hybridized carbons (Fsp3) is 0.524. The van der Waals surface area contributed by atoms with Crippen molar-refractivity contribution in [3.05, 3.63) is 47.1 Å². The normalized spacial score (nSPS) is 24.1. The van der Waals surface area contributed by atoms with Crippen LogP contribution in [-0.4, -0.2) is 74.8 Å². The van der Waals surface area contributed by atoms with Gasteiger partial charge in [-0.25, -0.2) is 4.79 Å². The van der Waals surface area contributed by atoms with Crippen LogP contribution in [0.4, 0.5) is 0 Å². The molecule has 0 saturated carbocycles. The topological polar surface area (TPSA) is 120 Å². The van der Waals surface area contributed by atoms with Crippen LogP contribution in [0, 0.1) is 12.8 Å². The molecule has 4 rings (SSSR count). The quantitative estimate of drug-likeness (QED) is 0.720. The first-order valence-corrected chi connectivity index (χ1v) is 10.2. The molecular weight excluding hydrogens is 388 g/mol. The average molecular weight is 414 g/mol. The molecule has 1 aromatic carbocycles. The minimum Gasteiger partial charge on any atom is -0.478 e. The molecule has 2 atom stereocenters. The number of aliphatic hydroxyl groups is 1. The molecule has 9 heteroatoms. The van der Waals surface area contributed by atoms with Crippen molar-refractivity contribution in [1.29, 1.82) is 0 Å². The van der Waals surface area contributed by atoms with Gasteiger partial charge >= 0.3 is 5.97 Å². The molecule has 2 fully saturated rings. The zero-order valence-electron chi connectivity index (χ0n) is 17.0. The highest BCUT2D eigenvalue weighted by Gasteiger charge is 2.54. The highest BCUT2D eigenvalue weighted by atomic mass is 16.5. The fourth-order valence-corrected chi connectivity index (χ4v) is 4.81. The number of likely N-dealkylation sites (tertiary alicyclic amines) is 2. The lowest BCUT2D eigenvalue weighted by Crippen LogP contribution is -2.53. The molecular formula is C21H26N4O5. The third-order valence-corrected chi connectivity index (χ3v) is 6.20. The van der Waals surface area contributed by atoms with Gasteiger partial charge in [-0.05, 0) is 37.0 Å². The number of carboxylic acid groups (broad SMARTS) is 1. The molecule has 0 radical (unpaired) electrons. The number of nitrogens with zero attached hydrogens (tertiary/aromatic N) is 4. The number of carbonyl (C=O) groups is 2. The van der Waals surface area contributed by atoms with Crippen LogP contribution < -0.4 is 0 Å². The molecule has 2 N–H and O–H groups in total. The molecule has 1 aromatic heterocycles. The van der Waals surface area contributed by atoms with Crippen molar-refractivity contribution >= 4 is 11.9 Å². The Morgan fingerprint density at radius 3 is 2.87 bits per heavy atom. The van der Waals surface area contributed by atoms with Crippen LogP contribution in [0.2, 0.25) is 0 Å². The molecule has 2 aromatic rings. The Kier molecular flexibility index (Phi) is 5.57. The van der Waals surface area contributed by atoms with Crippen LogP contribution in [0.5, 0.6) is 0 Å². The molecule has 2 aliphatic rings. The molecule has 3 heterocycles. The monoisotopic (exact) mass is 414 g/mol. The lowest BCUT2D eigenvalue weighted by molar-refractivity contribution is -0.135. The fourth-order valence-electron chi connectivity index (χ4n) is 4.81. The highest BCUT2D eigenvalue weighted by Crippen LogP contribution is 2.44. The van der Waals surface area contributed by atoms with Crippen molar-refractivity contribution in [2.24, 2.45) is 5.92 Å². The summed E-state index contributed by atoms with van der Waals surface area (Å²) in [5.74, 6) is 0.345. The SMILES string of the molecule is Cc1noc([C@@]23CN(Cc4cccc(C(=O)O)c4)C[C@@H]2CCN(C(=O)CCO)C3)n1. The van der Waals surface area contributed by atoms with Crippen LogP contribution in [-0.2, 0) is 16.8 Å². The number of aryl methyl sites for hydroxylation is 1. The molecule has 2 aliphatic heterocycles. The van der Waals surface area contributed by atoms with E-state index in [2.05, 4.69) is 15.0 Å². The molecule has 160 valence electrons. The van der Waals surface area contributed by atoms with Crippen LogP contribution in [0.3, 0.4) is 0 Å². The Morgan fingerprint density at radius 2 is 2.17 bits per heavy atom. The first-order valence-electron chi connectivity index (χ1n) is 10.2. The third-order valence-electron chi connectivity index (χ3n) is 6.20. The summed E-state index contributed by atoms with van der Waals surface area (Å²) in [7, 11) is 0. The van der Waals surface area contributed by atoms with Crippen LogP contribution in [0.1, 0.15) is 40.5 Å². The molecule has 2 saturated heterocycles. The van der Waals surface area contributed by atoms with E-state index in [1.165, 1.54) is 0 Å². The Morgan fingerprint density at radius 1 is 1.33 bits per heavy atom. The van der Waals surface area contributed by atoms with Gasteiger partial charge in [0, 0.05) is 39.1 Å². The van der Waals surface area contributed by atoms with Crippen molar-refractivity contribution in [2.45, 2.75) is 31.7 Å². The minimum absolute atomic E-state index is 0.0702. The molecule has 0 aliphatic carbocycles. The van der Waals surface area contributed by atoms with Gasteiger partial charge in [0.15, 0.2) is 5.82 Å². The van der Waals surface area contributed by atoms with E-state index >= 15 is 0 Å². The zero-order valence-corrected chi connectivity index (χ0v) is 17.0. The molecule has 0 spiro atoms. The Bertz CT molecular complexity index is 945. The number of rotatable bonds is 6. The predicted molar refractivity (Wildman–Crippen MR) is 106 cm³/mol. The smallest absolute Gasteiger partial charge is 0.335 e. The molecule has 9 nitrogen and oxygen atoms in total. The summed E-state index contributed by atoms with van der Waals surface area (Å²) in [5, 5.41) is 22.4. The summed E-state index contributed by atoms with van der Waals surface area (Å²) >= 11 is 0. The Balaban J connectivity index is 1.59. The van der Waals surface area contributed by atoms with Gasteiger partial charge in [0.25, 0.3) is 0 Å². The Labute approximate surface area is 174 Å². The van der Waals surface area contributed by atoms with E-state index < -0.39 is 11.4 Å². The summed E-state index contributed by atoms with van der Waals surface area (Å²) in [5.41, 5.74) is 0.737. The molecule has 1 amide bonds. The summed E-state index contributed by atoms with van der Waals surface area (Å²) in [4.78, 5) is 32.3. The Hall–Kier alpha value is -2.78. The van der Waals surface area contributed by atoms with E-state index in [4.69, 9.17) is 9.63 Å². The van der Waals surface area contributed by atoms with Crippen molar-refractivity contribution < 1.29 is 24.3 Å². The lowest BCUT2D eigenvalue weighted by Gasteiger charge is -2.41. The van der Waals surface area contributed by atoms with Gasteiger partial charge in [-0.2, -0.15) is 4.98 Å². The van der Waals surface area contributed by atoms with E-state index in [-0.39, 0.29) is 30.4 Å². The first kappa shape index (κ1) is 20.5. The van der Waals surface area contributed by atoms with E-state index in [1.54, 1.807) is 30.0 Å². The highest BCUT2D eigenvalue weighted by molar-refractivity contribution is 5.87. The number of aromatic nitrogens is 2. The number of aromatic carboxylic acids is 1. The second-order valence-corrected chi connectivity index (χ2v) is 8.25. The number of carboxylic acids is 1. The van der Waals surface area contributed by atoms with E-state index in [1.807, 2.05) is 6.07 Å².